The van der Waals surface area contributed by atoms with Crippen molar-refractivity contribution in [2.45, 2.75) is 38.4 Å². The lowest BCUT2D eigenvalue weighted by Crippen LogP contribution is -2.26. The van der Waals surface area contributed by atoms with Crippen molar-refractivity contribution >= 4 is 37.5 Å². The zero-order valence-electron chi connectivity index (χ0n) is 11.2. The van der Waals surface area contributed by atoms with E-state index in [0.717, 1.165) is 5.33 Å². The Hall–Kier alpha value is -0.0200. The van der Waals surface area contributed by atoms with E-state index in [4.69, 9.17) is 0 Å². The highest BCUT2D eigenvalue weighted by atomic mass is 79.9. The molecule has 0 radical (unpaired) electrons. The minimum atomic E-state index is 0.542. The number of benzene rings is 1. The molecular weight excluding hydrogens is 354 g/mol. The van der Waals surface area contributed by atoms with Crippen molar-refractivity contribution in [3.63, 3.8) is 0 Å². The molecule has 0 aromatic heterocycles. The van der Waals surface area contributed by atoms with Crippen LogP contribution >= 0.6 is 31.9 Å². The van der Waals surface area contributed by atoms with Crippen molar-refractivity contribution in [2.75, 3.05) is 18.0 Å². The molecule has 1 heterocycles. The summed E-state index contributed by atoms with van der Waals surface area (Å²) in [6.45, 7) is 7.07. The topological polar surface area (TPSA) is 3.24 Å². The third-order valence-corrected chi connectivity index (χ3v) is 5.83. The van der Waals surface area contributed by atoms with Gasteiger partial charge in [0.05, 0.1) is 0 Å². The minimum Gasteiger partial charge on any atom is -0.371 e. The van der Waals surface area contributed by atoms with Gasteiger partial charge in [-0.3, -0.25) is 0 Å². The van der Waals surface area contributed by atoms with Crippen molar-refractivity contribution in [3.05, 3.63) is 28.2 Å². The lowest BCUT2D eigenvalue weighted by Gasteiger charge is -2.27. The van der Waals surface area contributed by atoms with Gasteiger partial charge < -0.3 is 4.90 Å². The maximum atomic E-state index is 3.66. The van der Waals surface area contributed by atoms with Gasteiger partial charge in [-0.2, -0.15) is 0 Å². The average Bonchev–Trinajstić information content (AvgIpc) is 2.84. The molecule has 0 spiro atoms. The van der Waals surface area contributed by atoms with Crippen molar-refractivity contribution in [3.8, 4) is 0 Å². The Labute approximate surface area is 127 Å². The van der Waals surface area contributed by atoms with Gasteiger partial charge in [0.2, 0.25) is 0 Å². The Morgan fingerprint density at radius 1 is 1.28 bits per heavy atom. The maximum Gasteiger partial charge on any atom is 0.0377 e. The first-order valence-corrected chi connectivity index (χ1v) is 8.65. The molecule has 0 aliphatic carbocycles. The summed E-state index contributed by atoms with van der Waals surface area (Å²) in [6.07, 6.45) is 3.92. The normalized spacial score (nSPS) is 18.3. The molecule has 1 aliphatic heterocycles. The summed E-state index contributed by atoms with van der Waals surface area (Å²) in [5.41, 5.74) is 3.21. The van der Waals surface area contributed by atoms with Crippen LogP contribution in [-0.4, -0.2) is 13.1 Å². The number of hydrogen-bond donors (Lipinski definition) is 0. The van der Waals surface area contributed by atoms with Crippen LogP contribution in [0, 0.1) is 5.41 Å². The number of rotatable bonds is 4. The van der Waals surface area contributed by atoms with Crippen LogP contribution in [0.25, 0.3) is 0 Å². The average molecular weight is 375 g/mol. The first-order chi connectivity index (χ1) is 8.64. The van der Waals surface area contributed by atoms with Crippen LogP contribution in [0.1, 0.15) is 38.7 Å². The standard InChI is InChI=1S/C15H21Br2N/c1-3-15(4-2)7-8-18(11-15)13-6-5-12(10-16)14(17)9-13/h5-6,9H,3-4,7-8,10-11H2,1-2H3. The Morgan fingerprint density at radius 3 is 2.50 bits per heavy atom. The van der Waals surface area contributed by atoms with E-state index in [9.17, 15) is 0 Å². The van der Waals surface area contributed by atoms with E-state index < -0.39 is 0 Å². The lowest BCUT2D eigenvalue weighted by atomic mass is 9.82. The summed E-state index contributed by atoms with van der Waals surface area (Å²) >= 11 is 7.17. The highest BCUT2D eigenvalue weighted by Crippen LogP contribution is 2.39. The molecule has 0 unspecified atom stereocenters. The third kappa shape index (κ3) is 2.77. The van der Waals surface area contributed by atoms with E-state index in [0.29, 0.717) is 5.41 Å². The molecule has 1 nitrogen and oxygen atoms in total. The first-order valence-electron chi connectivity index (χ1n) is 6.73. The van der Waals surface area contributed by atoms with E-state index in [1.54, 1.807) is 0 Å². The predicted molar refractivity (Wildman–Crippen MR) is 86.6 cm³/mol. The van der Waals surface area contributed by atoms with E-state index in [1.165, 1.54) is 48.1 Å². The highest BCUT2D eigenvalue weighted by molar-refractivity contribution is 9.10. The van der Waals surface area contributed by atoms with Crippen molar-refractivity contribution in [1.82, 2.24) is 0 Å². The molecule has 2 rings (SSSR count). The van der Waals surface area contributed by atoms with Crippen molar-refractivity contribution < 1.29 is 0 Å². The molecular formula is C15H21Br2N. The monoisotopic (exact) mass is 373 g/mol. The number of hydrogen-bond acceptors (Lipinski definition) is 1. The summed E-state index contributed by atoms with van der Waals surface area (Å²) in [6, 6.07) is 6.73. The molecule has 0 N–H and O–H groups in total. The fourth-order valence-corrected chi connectivity index (χ4v) is 4.20. The van der Waals surface area contributed by atoms with Gasteiger partial charge in [0, 0.05) is 28.6 Å². The summed E-state index contributed by atoms with van der Waals surface area (Å²) in [5, 5.41) is 0.904. The Kier molecular flexibility index (Phi) is 4.76. The Bertz CT molecular complexity index is 413. The van der Waals surface area contributed by atoms with Crippen LogP contribution in [0.3, 0.4) is 0 Å². The van der Waals surface area contributed by atoms with Crippen molar-refractivity contribution in [2.24, 2.45) is 5.41 Å². The number of nitrogens with zero attached hydrogens (tertiary/aromatic N) is 1. The highest BCUT2D eigenvalue weighted by Gasteiger charge is 2.34. The molecule has 0 amide bonds. The van der Waals surface area contributed by atoms with Crippen LogP contribution < -0.4 is 4.90 Å². The minimum absolute atomic E-state index is 0.542. The molecule has 3 heteroatoms. The summed E-state index contributed by atoms with van der Waals surface area (Å²) in [5.74, 6) is 0. The van der Waals surface area contributed by atoms with E-state index >= 15 is 0 Å². The summed E-state index contributed by atoms with van der Waals surface area (Å²) in [4.78, 5) is 2.54. The third-order valence-electron chi connectivity index (χ3n) is 4.48. The van der Waals surface area contributed by atoms with Gasteiger partial charge in [-0.1, -0.05) is 51.8 Å². The van der Waals surface area contributed by atoms with E-state index in [1.807, 2.05) is 0 Å². The molecule has 1 aromatic rings. The van der Waals surface area contributed by atoms with Crippen LogP contribution in [0.15, 0.2) is 22.7 Å². The largest absolute Gasteiger partial charge is 0.371 e. The molecule has 1 aliphatic rings. The lowest BCUT2D eigenvalue weighted by molar-refractivity contribution is 0.301. The summed E-state index contributed by atoms with van der Waals surface area (Å²) in [7, 11) is 0. The summed E-state index contributed by atoms with van der Waals surface area (Å²) < 4.78 is 1.21. The van der Waals surface area contributed by atoms with Gasteiger partial charge in [-0.05, 0) is 42.4 Å². The quantitative estimate of drug-likeness (QED) is 0.641. The smallest absolute Gasteiger partial charge is 0.0377 e. The van der Waals surface area contributed by atoms with Gasteiger partial charge in [0.1, 0.15) is 0 Å². The molecule has 0 saturated carbocycles. The first kappa shape index (κ1) is 14.4. The number of anilines is 1. The van der Waals surface area contributed by atoms with Crippen molar-refractivity contribution in [1.29, 1.82) is 0 Å². The SMILES string of the molecule is CCC1(CC)CCN(c2ccc(CBr)c(Br)c2)C1. The number of halogens is 2. The molecule has 100 valence electrons. The van der Waals surface area contributed by atoms with Gasteiger partial charge in [-0.25, -0.2) is 0 Å². The predicted octanol–water partition coefficient (Wildman–Crippen LogP) is 5.36. The molecule has 18 heavy (non-hydrogen) atoms. The van der Waals surface area contributed by atoms with Gasteiger partial charge in [0.25, 0.3) is 0 Å². The Morgan fingerprint density at radius 2 is 2.00 bits per heavy atom. The second-order valence-electron chi connectivity index (χ2n) is 5.29. The molecule has 0 bridgehead atoms. The van der Waals surface area contributed by atoms with E-state index in [-0.39, 0.29) is 0 Å². The fraction of sp³-hybridized carbons (Fsp3) is 0.600. The number of alkyl halides is 1. The molecule has 1 aromatic carbocycles. The molecule has 0 atom stereocenters. The van der Waals surface area contributed by atoms with Gasteiger partial charge in [-0.15, -0.1) is 0 Å². The van der Waals surface area contributed by atoms with Crippen LogP contribution in [0.4, 0.5) is 5.69 Å². The maximum absolute atomic E-state index is 3.66. The van der Waals surface area contributed by atoms with Crippen LogP contribution in [0.5, 0.6) is 0 Å². The van der Waals surface area contributed by atoms with E-state index in [2.05, 4.69) is 68.8 Å². The van der Waals surface area contributed by atoms with Crippen LogP contribution in [-0.2, 0) is 5.33 Å². The molecule has 1 saturated heterocycles. The second-order valence-corrected chi connectivity index (χ2v) is 6.70. The Balaban J connectivity index is 2.17. The fourth-order valence-electron chi connectivity index (χ4n) is 2.82. The zero-order valence-corrected chi connectivity index (χ0v) is 14.3. The second kappa shape index (κ2) is 5.96. The van der Waals surface area contributed by atoms with Gasteiger partial charge >= 0.3 is 0 Å². The van der Waals surface area contributed by atoms with Gasteiger partial charge in [0.15, 0.2) is 0 Å². The van der Waals surface area contributed by atoms with Crippen LogP contribution in [0.2, 0.25) is 0 Å². The zero-order chi connectivity index (χ0) is 13.2. The molecule has 1 fully saturated rings.